The summed E-state index contributed by atoms with van der Waals surface area (Å²) in [7, 11) is 1.58. The highest BCUT2D eigenvalue weighted by Gasteiger charge is 2.08. The van der Waals surface area contributed by atoms with Crippen molar-refractivity contribution in [2.45, 2.75) is 38.6 Å². The number of amides is 1. The number of benzene rings is 1. The van der Waals surface area contributed by atoms with Crippen molar-refractivity contribution in [3.63, 3.8) is 0 Å². The Morgan fingerprint density at radius 1 is 1.24 bits per heavy atom. The Hall–Kier alpha value is -1.88. The molecule has 5 nitrogen and oxygen atoms in total. The molecule has 0 fully saturated rings. The molecule has 3 N–H and O–H groups in total. The molecule has 0 bridgehead atoms. The van der Waals surface area contributed by atoms with E-state index in [0.717, 1.165) is 12.2 Å². The van der Waals surface area contributed by atoms with Crippen LogP contribution in [0.5, 0.6) is 5.75 Å². The monoisotopic (exact) mass is 292 g/mol. The average molecular weight is 292 g/mol. The zero-order valence-corrected chi connectivity index (χ0v) is 12.7. The number of nitrogens with one attached hydrogen (secondary N) is 1. The van der Waals surface area contributed by atoms with E-state index in [2.05, 4.69) is 5.32 Å². The minimum Gasteiger partial charge on any atom is -0.497 e. The quantitative estimate of drug-likeness (QED) is 0.681. The van der Waals surface area contributed by atoms with Crippen molar-refractivity contribution in [3.05, 3.63) is 29.8 Å². The summed E-state index contributed by atoms with van der Waals surface area (Å²) in [4.78, 5) is 23.5. The fraction of sp³-hybridized carbons (Fsp3) is 0.500. The molecule has 1 aromatic rings. The molecule has 0 saturated heterocycles. The summed E-state index contributed by atoms with van der Waals surface area (Å²) < 4.78 is 5.04. The van der Waals surface area contributed by atoms with Crippen molar-refractivity contribution in [1.82, 2.24) is 5.32 Å². The first kappa shape index (κ1) is 17.2. The van der Waals surface area contributed by atoms with Crippen molar-refractivity contribution in [1.29, 1.82) is 0 Å². The molecular weight excluding hydrogens is 268 g/mol. The number of methoxy groups -OCH3 is 1. The normalized spacial score (nSPS) is 11.8. The van der Waals surface area contributed by atoms with E-state index < -0.39 is 0 Å². The zero-order chi connectivity index (χ0) is 15.7. The van der Waals surface area contributed by atoms with E-state index in [-0.39, 0.29) is 17.7 Å². The second-order valence-electron chi connectivity index (χ2n) is 5.12. The number of rotatable bonds is 9. The van der Waals surface area contributed by atoms with E-state index in [9.17, 15) is 9.59 Å². The van der Waals surface area contributed by atoms with E-state index in [1.165, 1.54) is 0 Å². The van der Waals surface area contributed by atoms with Crippen molar-refractivity contribution < 1.29 is 14.3 Å². The third kappa shape index (κ3) is 6.90. The molecular formula is C16H24N2O3. The Kier molecular flexibility index (Phi) is 7.46. The zero-order valence-electron chi connectivity index (χ0n) is 12.7. The van der Waals surface area contributed by atoms with Crippen molar-refractivity contribution >= 4 is 11.7 Å². The standard InChI is InChI=1S/C16H24N2O3/c1-12(17)10-11-18-16(20)5-3-4-15(19)13-6-8-14(21-2)9-7-13/h6-9,12H,3-5,10-11,17H2,1-2H3,(H,18,20). The molecule has 0 aliphatic heterocycles. The van der Waals surface area contributed by atoms with Gasteiger partial charge in [-0.3, -0.25) is 9.59 Å². The maximum atomic E-state index is 11.9. The van der Waals surface area contributed by atoms with Crippen LogP contribution in [0, 0.1) is 0 Å². The lowest BCUT2D eigenvalue weighted by Crippen LogP contribution is -2.28. The lowest BCUT2D eigenvalue weighted by Gasteiger charge is -2.07. The van der Waals surface area contributed by atoms with Crippen LogP contribution < -0.4 is 15.8 Å². The number of nitrogens with two attached hydrogens (primary N) is 1. The molecule has 5 heteroatoms. The topological polar surface area (TPSA) is 81.4 Å². The van der Waals surface area contributed by atoms with E-state index in [1.54, 1.807) is 31.4 Å². The Morgan fingerprint density at radius 2 is 1.90 bits per heavy atom. The lowest BCUT2D eigenvalue weighted by atomic mass is 10.1. The minimum atomic E-state index is -0.0295. The molecule has 0 aliphatic carbocycles. The molecule has 1 unspecified atom stereocenters. The van der Waals surface area contributed by atoms with Gasteiger partial charge in [0.2, 0.25) is 5.91 Å². The molecule has 0 aliphatic rings. The first-order valence-electron chi connectivity index (χ1n) is 7.22. The Labute approximate surface area is 125 Å². The Balaban J connectivity index is 2.24. The number of carbonyl (C=O) groups is 2. The van der Waals surface area contributed by atoms with Crippen LogP contribution in [0.4, 0.5) is 0 Å². The predicted octanol–water partition coefficient (Wildman–Crippen LogP) is 1.90. The van der Waals surface area contributed by atoms with Gasteiger partial charge in [-0.2, -0.15) is 0 Å². The summed E-state index contributed by atoms with van der Waals surface area (Å²) in [6.45, 7) is 2.49. The lowest BCUT2D eigenvalue weighted by molar-refractivity contribution is -0.121. The second kappa shape index (κ2) is 9.13. The number of hydrogen-bond donors (Lipinski definition) is 2. The third-order valence-corrected chi connectivity index (χ3v) is 3.14. The highest BCUT2D eigenvalue weighted by molar-refractivity contribution is 5.96. The van der Waals surface area contributed by atoms with Gasteiger partial charge in [-0.15, -0.1) is 0 Å². The first-order valence-corrected chi connectivity index (χ1v) is 7.22. The van der Waals surface area contributed by atoms with E-state index in [4.69, 9.17) is 10.5 Å². The molecule has 0 heterocycles. The fourth-order valence-electron chi connectivity index (χ4n) is 1.86. The average Bonchev–Trinajstić information content (AvgIpc) is 2.46. The summed E-state index contributed by atoms with van der Waals surface area (Å²) in [5, 5.41) is 2.80. The number of ether oxygens (including phenoxy) is 1. The van der Waals surface area contributed by atoms with Gasteiger partial charge in [-0.05, 0) is 44.0 Å². The van der Waals surface area contributed by atoms with Crippen LogP contribution in [0.1, 0.15) is 43.0 Å². The molecule has 0 aromatic heterocycles. The van der Waals surface area contributed by atoms with Crippen LogP contribution in [0.25, 0.3) is 0 Å². The smallest absolute Gasteiger partial charge is 0.220 e. The van der Waals surface area contributed by atoms with Gasteiger partial charge < -0.3 is 15.8 Å². The summed E-state index contributed by atoms with van der Waals surface area (Å²) in [5.74, 6) is 0.735. The Morgan fingerprint density at radius 3 is 2.48 bits per heavy atom. The van der Waals surface area contributed by atoms with Gasteiger partial charge in [0, 0.05) is 31.0 Å². The number of carbonyl (C=O) groups excluding carboxylic acids is 2. The van der Waals surface area contributed by atoms with E-state index in [0.29, 0.717) is 31.4 Å². The van der Waals surface area contributed by atoms with Crippen molar-refractivity contribution in [2.24, 2.45) is 5.73 Å². The van der Waals surface area contributed by atoms with Gasteiger partial charge in [0.15, 0.2) is 5.78 Å². The second-order valence-corrected chi connectivity index (χ2v) is 5.12. The van der Waals surface area contributed by atoms with E-state index in [1.807, 2.05) is 6.92 Å². The SMILES string of the molecule is COc1ccc(C(=O)CCCC(=O)NCCC(C)N)cc1. The minimum absolute atomic E-state index is 0.0295. The molecule has 116 valence electrons. The molecule has 0 radical (unpaired) electrons. The van der Waals surface area contributed by atoms with Crippen molar-refractivity contribution in [3.8, 4) is 5.75 Å². The van der Waals surface area contributed by atoms with Crippen LogP contribution in [0.15, 0.2) is 24.3 Å². The van der Waals surface area contributed by atoms with Gasteiger partial charge >= 0.3 is 0 Å². The maximum Gasteiger partial charge on any atom is 0.220 e. The highest BCUT2D eigenvalue weighted by Crippen LogP contribution is 2.13. The number of Topliss-reactive ketones (excluding diaryl/α,β-unsaturated/α-hetero) is 1. The summed E-state index contributed by atoms with van der Waals surface area (Å²) in [5.41, 5.74) is 6.25. The summed E-state index contributed by atoms with van der Waals surface area (Å²) >= 11 is 0. The van der Waals surface area contributed by atoms with Crippen LogP contribution in [0.2, 0.25) is 0 Å². The first-order chi connectivity index (χ1) is 10.0. The molecule has 1 aromatic carbocycles. The third-order valence-electron chi connectivity index (χ3n) is 3.14. The fourth-order valence-corrected chi connectivity index (χ4v) is 1.86. The van der Waals surface area contributed by atoms with Crippen LogP contribution in [0.3, 0.4) is 0 Å². The van der Waals surface area contributed by atoms with Gasteiger partial charge in [-0.1, -0.05) is 0 Å². The Bertz CT molecular complexity index is 455. The van der Waals surface area contributed by atoms with Gasteiger partial charge in [0.05, 0.1) is 7.11 Å². The van der Waals surface area contributed by atoms with Gasteiger partial charge in [0.1, 0.15) is 5.75 Å². The van der Waals surface area contributed by atoms with Crippen LogP contribution in [-0.2, 0) is 4.79 Å². The highest BCUT2D eigenvalue weighted by atomic mass is 16.5. The van der Waals surface area contributed by atoms with Crippen LogP contribution in [-0.4, -0.2) is 31.4 Å². The van der Waals surface area contributed by atoms with E-state index >= 15 is 0 Å². The largest absolute Gasteiger partial charge is 0.497 e. The number of ketones is 1. The summed E-state index contributed by atoms with van der Waals surface area (Å²) in [6, 6.07) is 7.08. The summed E-state index contributed by atoms with van der Waals surface area (Å²) in [6.07, 6.45) is 2.04. The van der Waals surface area contributed by atoms with Gasteiger partial charge in [0.25, 0.3) is 0 Å². The molecule has 0 spiro atoms. The predicted molar refractivity (Wildman–Crippen MR) is 82.5 cm³/mol. The maximum absolute atomic E-state index is 11.9. The molecule has 1 amide bonds. The molecule has 1 atom stereocenters. The molecule has 21 heavy (non-hydrogen) atoms. The van der Waals surface area contributed by atoms with Crippen LogP contribution >= 0.6 is 0 Å². The molecule has 0 saturated carbocycles. The van der Waals surface area contributed by atoms with Crippen molar-refractivity contribution in [2.75, 3.05) is 13.7 Å². The number of hydrogen-bond acceptors (Lipinski definition) is 4. The van der Waals surface area contributed by atoms with Gasteiger partial charge in [-0.25, -0.2) is 0 Å². The molecule has 1 rings (SSSR count).